The SMILES string of the molecule is CC1CC2(C)C(C)CCC2C2CCC3=CC(=O)C=CC3(C)C12. The van der Waals surface area contributed by atoms with Crippen LogP contribution in [-0.2, 0) is 4.79 Å². The van der Waals surface area contributed by atoms with Crippen molar-refractivity contribution in [3.05, 3.63) is 23.8 Å². The Labute approximate surface area is 135 Å². The molecule has 0 N–H and O–H groups in total. The molecule has 4 aliphatic carbocycles. The third kappa shape index (κ3) is 1.74. The van der Waals surface area contributed by atoms with Crippen LogP contribution in [0.25, 0.3) is 0 Å². The van der Waals surface area contributed by atoms with Crippen LogP contribution in [0, 0.1) is 40.4 Å². The van der Waals surface area contributed by atoms with Crippen LogP contribution in [0.3, 0.4) is 0 Å². The third-order valence-electron chi connectivity index (χ3n) is 8.28. The summed E-state index contributed by atoms with van der Waals surface area (Å²) >= 11 is 0. The molecule has 0 aromatic heterocycles. The minimum atomic E-state index is 0.142. The fourth-order valence-electron chi connectivity index (χ4n) is 7.15. The maximum Gasteiger partial charge on any atom is 0.178 e. The molecular formula is C21H30O. The number of fused-ring (bicyclic) bond motifs is 5. The number of hydrogen-bond acceptors (Lipinski definition) is 1. The smallest absolute Gasteiger partial charge is 0.178 e. The van der Waals surface area contributed by atoms with Gasteiger partial charge in [0.05, 0.1) is 0 Å². The van der Waals surface area contributed by atoms with E-state index in [0.29, 0.717) is 5.41 Å². The molecule has 0 spiro atoms. The first kappa shape index (κ1) is 14.7. The van der Waals surface area contributed by atoms with Gasteiger partial charge in [-0.15, -0.1) is 0 Å². The van der Waals surface area contributed by atoms with Gasteiger partial charge in [0.2, 0.25) is 0 Å². The van der Waals surface area contributed by atoms with E-state index in [1.54, 1.807) is 0 Å². The van der Waals surface area contributed by atoms with Crippen molar-refractivity contribution in [2.24, 2.45) is 40.4 Å². The monoisotopic (exact) mass is 298 g/mol. The summed E-state index contributed by atoms with van der Waals surface area (Å²) in [5, 5.41) is 0. The van der Waals surface area contributed by atoms with Gasteiger partial charge in [0.1, 0.15) is 0 Å². The van der Waals surface area contributed by atoms with E-state index in [1.165, 1.54) is 31.3 Å². The Morgan fingerprint density at radius 2 is 1.91 bits per heavy atom. The highest BCUT2D eigenvalue weighted by Gasteiger charge is 2.59. The third-order valence-corrected chi connectivity index (χ3v) is 8.28. The molecule has 3 saturated carbocycles. The standard InChI is InChI=1S/C21H30O/c1-13-12-21(4)14(2)5-8-18(21)17-7-6-15-11-16(22)9-10-20(15,3)19(13)17/h9-11,13-14,17-19H,5-8,12H2,1-4H3. The van der Waals surface area contributed by atoms with Gasteiger partial charge in [0.15, 0.2) is 5.78 Å². The number of rotatable bonds is 0. The van der Waals surface area contributed by atoms with Gasteiger partial charge >= 0.3 is 0 Å². The van der Waals surface area contributed by atoms with Crippen molar-refractivity contribution in [3.63, 3.8) is 0 Å². The van der Waals surface area contributed by atoms with E-state index in [1.807, 2.05) is 12.2 Å². The maximum absolute atomic E-state index is 11.8. The molecule has 3 fully saturated rings. The Morgan fingerprint density at radius 1 is 1.14 bits per heavy atom. The van der Waals surface area contributed by atoms with Crippen LogP contribution >= 0.6 is 0 Å². The highest BCUT2D eigenvalue weighted by Crippen LogP contribution is 2.67. The number of allylic oxidation sites excluding steroid dienone is 4. The van der Waals surface area contributed by atoms with E-state index in [9.17, 15) is 4.79 Å². The Morgan fingerprint density at radius 3 is 2.68 bits per heavy atom. The van der Waals surface area contributed by atoms with E-state index in [0.717, 1.165) is 36.0 Å². The molecule has 0 saturated heterocycles. The van der Waals surface area contributed by atoms with Crippen molar-refractivity contribution in [2.45, 2.75) is 59.8 Å². The van der Waals surface area contributed by atoms with Gasteiger partial charge in [0.25, 0.3) is 0 Å². The topological polar surface area (TPSA) is 17.1 Å². The first-order chi connectivity index (χ1) is 10.4. The van der Waals surface area contributed by atoms with Crippen LogP contribution in [0.15, 0.2) is 23.8 Å². The lowest BCUT2D eigenvalue weighted by Gasteiger charge is -2.59. The Balaban J connectivity index is 1.76. The van der Waals surface area contributed by atoms with Gasteiger partial charge in [-0.3, -0.25) is 4.79 Å². The predicted octanol–water partition coefficient (Wildman–Crippen LogP) is 5.18. The first-order valence-corrected chi connectivity index (χ1v) is 9.30. The molecule has 4 rings (SSSR count). The minimum Gasteiger partial charge on any atom is -0.290 e. The van der Waals surface area contributed by atoms with E-state index in [-0.39, 0.29) is 11.2 Å². The number of carbonyl (C=O) groups is 1. The molecule has 4 aliphatic rings. The highest BCUT2D eigenvalue weighted by molar-refractivity contribution is 6.01. The molecule has 0 radical (unpaired) electrons. The van der Waals surface area contributed by atoms with Gasteiger partial charge in [-0.25, -0.2) is 0 Å². The highest BCUT2D eigenvalue weighted by atomic mass is 16.1. The summed E-state index contributed by atoms with van der Waals surface area (Å²) in [5.41, 5.74) is 2.12. The van der Waals surface area contributed by atoms with Crippen molar-refractivity contribution in [3.8, 4) is 0 Å². The minimum absolute atomic E-state index is 0.142. The second-order valence-corrected chi connectivity index (χ2v) is 9.19. The number of ketones is 1. The average Bonchev–Trinajstić information content (AvgIpc) is 2.75. The van der Waals surface area contributed by atoms with Crippen molar-refractivity contribution in [2.75, 3.05) is 0 Å². The quantitative estimate of drug-likeness (QED) is 0.602. The fourth-order valence-corrected chi connectivity index (χ4v) is 7.15. The summed E-state index contributed by atoms with van der Waals surface area (Å²) in [6, 6.07) is 0. The molecule has 22 heavy (non-hydrogen) atoms. The fraction of sp³-hybridized carbons (Fsp3) is 0.762. The Kier molecular flexibility index (Phi) is 3.07. The summed E-state index contributed by atoms with van der Waals surface area (Å²) in [4.78, 5) is 11.8. The van der Waals surface area contributed by atoms with Gasteiger partial charge in [-0.2, -0.15) is 0 Å². The lowest BCUT2D eigenvalue weighted by atomic mass is 9.45. The van der Waals surface area contributed by atoms with Gasteiger partial charge < -0.3 is 0 Å². The molecule has 0 bridgehead atoms. The van der Waals surface area contributed by atoms with Crippen LogP contribution in [0.1, 0.15) is 59.8 Å². The average molecular weight is 298 g/mol. The maximum atomic E-state index is 11.8. The summed E-state index contributed by atoms with van der Waals surface area (Å²) in [7, 11) is 0. The second kappa shape index (κ2) is 4.58. The first-order valence-electron chi connectivity index (χ1n) is 9.30. The molecule has 0 aliphatic heterocycles. The predicted molar refractivity (Wildman–Crippen MR) is 90.3 cm³/mol. The van der Waals surface area contributed by atoms with Crippen molar-refractivity contribution in [1.82, 2.24) is 0 Å². The second-order valence-electron chi connectivity index (χ2n) is 9.19. The van der Waals surface area contributed by atoms with Crippen molar-refractivity contribution < 1.29 is 4.79 Å². The van der Waals surface area contributed by atoms with Crippen molar-refractivity contribution in [1.29, 1.82) is 0 Å². The molecular weight excluding hydrogens is 268 g/mol. The lowest BCUT2D eigenvalue weighted by molar-refractivity contribution is -0.111. The molecule has 0 aromatic carbocycles. The summed E-state index contributed by atoms with van der Waals surface area (Å²) in [6.07, 6.45) is 12.7. The zero-order valence-corrected chi connectivity index (χ0v) is 14.6. The normalized spacial score (nSPS) is 53.5. The van der Waals surface area contributed by atoms with Gasteiger partial charge in [0, 0.05) is 5.41 Å². The van der Waals surface area contributed by atoms with E-state index in [2.05, 4.69) is 33.8 Å². The Bertz CT molecular complexity index is 570. The molecule has 0 aromatic rings. The van der Waals surface area contributed by atoms with Crippen LogP contribution in [0.2, 0.25) is 0 Å². The van der Waals surface area contributed by atoms with Crippen LogP contribution in [-0.4, -0.2) is 5.78 Å². The molecule has 7 unspecified atom stereocenters. The number of carbonyl (C=O) groups excluding carboxylic acids is 1. The van der Waals surface area contributed by atoms with Crippen LogP contribution < -0.4 is 0 Å². The zero-order valence-electron chi connectivity index (χ0n) is 14.6. The molecule has 1 heteroatoms. The Hall–Kier alpha value is -0.850. The largest absolute Gasteiger partial charge is 0.290 e. The van der Waals surface area contributed by atoms with Gasteiger partial charge in [-0.1, -0.05) is 39.3 Å². The van der Waals surface area contributed by atoms with E-state index < -0.39 is 0 Å². The lowest BCUT2D eigenvalue weighted by Crippen LogP contribution is -2.52. The van der Waals surface area contributed by atoms with E-state index >= 15 is 0 Å². The van der Waals surface area contributed by atoms with E-state index in [4.69, 9.17) is 0 Å². The van der Waals surface area contributed by atoms with Gasteiger partial charge in [-0.05, 0) is 79.3 Å². The molecule has 0 amide bonds. The molecule has 7 atom stereocenters. The summed E-state index contributed by atoms with van der Waals surface area (Å²) in [6.45, 7) is 9.97. The zero-order chi connectivity index (χ0) is 15.7. The molecule has 120 valence electrons. The van der Waals surface area contributed by atoms with Crippen LogP contribution in [0.4, 0.5) is 0 Å². The summed E-state index contributed by atoms with van der Waals surface area (Å²) in [5.74, 6) is 4.35. The summed E-state index contributed by atoms with van der Waals surface area (Å²) < 4.78 is 0. The number of hydrogen-bond donors (Lipinski definition) is 0. The van der Waals surface area contributed by atoms with Crippen LogP contribution in [0.5, 0.6) is 0 Å². The van der Waals surface area contributed by atoms with Crippen molar-refractivity contribution >= 4 is 5.78 Å². The molecule has 0 heterocycles. The molecule has 1 nitrogen and oxygen atoms in total.